The van der Waals surface area contributed by atoms with Crippen molar-refractivity contribution in [1.29, 1.82) is 5.26 Å². The number of rotatable bonds is 4. The van der Waals surface area contributed by atoms with E-state index in [4.69, 9.17) is 10.4 Å². The maximum absolute atomic E-state index is 10.5. The molecule has 3 heteroatoms. The third-order valence-electron chi connectivity index (χ3n) is 2.32. The standard InChI is InChI=1S/C12H13NO2/c1-2-9-3-5-10(6-4-9)11(8-13)7-12(14)15/h3-6,11H,2,7H2,1H3,(H,14,15). The van der Waals surface area contributed by atoms with Crippen LogP contribution in [-0.2, 0) is 11.2 Å². The highest BCUT2D eigenvalue weighted by Gasteiger charge is 2.14. The van der Waals surface area contributed by atoms with Gasteiger partial charge in [-0.2, -0.15) is 5.26 Å². The first-order chi connectivity index (χ1) is 7.17. The fourth-order valence-electron chi connectivity index (χ4n) is 1.40. The first-order valence-corrected chi connectivity index (χ1v) is 4.87. The van der Waals surface area contributed by atoms with Crippen LogP contribution in [0.2, 0.25) is 0 Å². The molecule has 0 spiro atoms. The third-order valence-corrected chi connectivity index (χ3v) is 2.32. The van der Waals surface area contributed by atoms with Crippen molar-refractivity contribution in [2.75, 3.05) is 0 Å². The van der Waals surface area contributed by atoms with E-state index in [0.29, 0.717) is 0 Å². The molecule has 3 nitrogen and oxygen atoms in total. The van der Waals surface area contributed by atoms with E-state index in [1.807, 2.05) is 37.3 Å². The summed E-state index contributed by atoms with van der Waals surface area (Å²) in [5, 5.41) is 17.5. The Bertz CT molecular complexity index is 376. The molecule has 0 saturated carbocycles. The Labute approximate surface area is 89.0 Å². The van der Waals surface area contributed by atoms with E-state index < -0.39 is 11.9 Å². The van der Waals surface area contributed by atoms with Crippen molar-refractivity contribution in [1.82, 2.24) is 0 Å². The lowest BCUT2D eigenvalue weighted by Gasteiger charge is -2.06. The summed E-state index contributed by atoms with van der Waals surface area (Å²) in [5.41, 5.74) is 1.96. The van der Waals surface area contributed by atoms with Crippen molar-refractivity contribution < 1.29 is 9.90 Å². The Morgan fingerprint density at radius 3 is 2.47 bits per heavy atom. The van der Waals surface area contributed by atoms with Crippen molar-refractivity contribution in [2.45, 2.75) is 25.7 Å². The summed E-state index contributed by atoms with van der Waals surface area (Å²) in [7, 11) is 0. The van der Waals surface area contributed by atoms with E-state index in [-0.39, 0.29) is 6.42 Å². The van der Waals surface area contributed by atoms with Gasteiger partial charge in [-0.1, -0.05) is 31.2 Å². The van der Waals surface area contributed by atoms with Gasteiger partial charge in [0.1, 0.15) is 0 Å². The van der Waals surface area contributed by atoms with Gasteiger partial charge in [0.05, 0.1) is 18.4 Å². The third kappa shape index (κ3) is 3.10. The van der Waals surface area contributed by atoms with Gasteiger partial charge in [-0.3, -0.25) is 4.79 Å². The Morgan fingerprint density at radius 1 is 1.47 bits per heavy atom. The van der Waals surface area contributed by atoms with Crippen LogP contribution < -0.4 is 0 Å². The minimum absolute atomic E-state index is 0.137. The van der Waals surface area contributed by atoms with Gasteiger partial charge in [0.15, 0.2) is 0 Å². The number of carbonyl (C=O) groups is 1. The van der Waals surface area contributed by atoms with Crippen LogP contribution in [0.5, 0.6) is 0 Å². The lowest BCUT2D eigenvalue weighted by atomic mass is 9.96. The molecule has 0 fully saturated rings. The summed E-state index contributed by atoms with van der Waals surface area (Å²) in [4.78, 5) is 10.5. The van der Waals surface area contributed by atoms with E-state index in [2.05, 4.69) is 0 Å². The molecular weight excluding hydrogens is 190 g/mol. The molecule has 1 atom stereocenters. The summed E-state index contributed by atoms with van der Waals surface area (Å²) in [6.07, 6.45) is 0.804. The zero-order valence-electron chi connectivity index (χ0n) is 8.60. The van der Waals surface area contributed by atoms with Crippen LogP contribution in [0, 0.1) is 11.3 Å². The molecule has 0 aliphatic carbocycles. The maximum atomic E-state index is 10.5. The Morgan fingerprint density at radius 2 is 2.07 bits per heavy atom. The molecule has 0 heterocycles. The molecule has 0 aliphatic rings. The Balaban J connectivity index is 2.84. The fourth-order valence-corrected chi connectivity index (χ4v) is 1.40. The largest absolute Gasteiger partial charge is 0.481 e. The predicted molar refractivity (Wildman–Crippen MR) is 56.4 cm³/mol. The van der Waals surface area contributed by atoms with Crippen LogP contribution in [0.15, 0.2) is 24.3 Å². The zero-order chi connectivity index (χ0) is 11.3. The highest BCUT2D eigenvalue weighted by atomic mass is 16.4. The smallest absolute Gasteiger partial charge is 0.305 e. The molecule has 1 unspecified atom stereocenters. The quantitative estimate of drug-likeness (QED) is 0.816. The first kappa shape index (κ1) is 11.3. The molecule has 78 valence electrons. The zero-order valence-corrected chi connectivity index (χ0v) is 8.60. The summed E-state index contributed by atoms with van der Waals surface area (Å²) >= 11 is 0. The lowest BCUT2D eigenvalue weighted by Crippen LogP contribution is -2.04. The lowest BCUT2D eigenvalue weighted by molar-refractivity contribution is -0.137. The molecule has 0 saturated heterocycles. The van der Waals surface area contributed by atoms with Crippen molar-refractivity contribution in [3.05, 3.63) is 35.4 Å². The number of aryl methyl sites for hydroxylation is 1. The number of benzene rings is 1. The van der Waals surface area contributed by atoms with E-state index in [9.17, 15) is 4.79 Å². The molecule has 1 aromatic rings. The number of nitriles is 1. The number of aliphatic carboxylic acids is 1. The van der Waals surface area contributed by atoms with Crippen molar-refractivity contribution in [3.8, 4) is 6.07 Å². The molecule has 1 N–H and O–H groups in total. The summed E-state index contributed by atoms with van der Waals surface area (Å²) in [6.45, 7) is 2.05. The molecule has 0 aliphatic heterocycles. The number of hydrogen-bond acceptors (Lipinski definition) is 2. The van der Waals surface area contributed by atoms with Crippen LogP contribution in [0.3, 0.4) is 0 Å². The Kier molecular flexibility index (Phi) is 3.87. The van der Waals surface area contributed by atoms with Gasteiger partial charge in [0.2, 0.25) is 0 Å². The molecule has 1 rings (SSSR count). The van der Waals surface area contributed by atoms with Gasteiger partial charge < -0.3 is 5.11 Å². The highest BCUT2D eigenvalue weighted by Crippen LogP contribution is 2.19. The molecule has 0 bridgehead atoms. The molecule has 0 radical (unpaired) electrons. The second-order valence-electron chi connectivity index (χ2n) is 3.37. The highest BCUT2D eigenvalue weighted by molar-refractivity contribution is 5.68. The average Bonchev–Trinajstić information content (AvgIpc) is 2.26. The number of carboxylic acid groups (broad SMARTS) is 1. The fraction of sp³-hybridized carbons (Fsp3) is 0.333. The number of carboxylic acids is 1. The number of hydrogen-bond donors (Lipinski definition) is 1. The average molecular weight is 203 g/mol. The molecular formula is C12H13NO2. The minimum atomic E-state index is -0.943. The topological polar surface area (TPSA) is 61.1 Å². The Hall–Kier alpha value is -1.82. The van der Waals surface area contributed by atoms with Crippen LogP contribution in [0.4, 0.5) is 0 Å². The van der Waals surface area contributed by atoms with Crippen LogP contribution in [-0.4, -0.2) is 11.1 Å². The number of nitrogens with zero attached hydrogens (tertiary/aromatic N) is 1. The maximum Gasteiger partial charge on any atom is 0.305 e. The summed E-state index contributed by atoms with van der Waals surface area (Å²) < 4.78 is 0. The predicted octanol–water partition coefficient (Wildman–Crippen LogP) is 2.33. The van der Waals surface area contributed by atoms with Gasteiger partial charge in [-0.05, 0) is 17.5 Å². The van der Waals surface area contributed by atoms with E-state index in [1.54, 1.807) is 0 Å². The van der Waals surface area contributed by atoms with Gasteiger partial charge in [-0.15, -0.1) is 0 Å². The molecule has 0 amide bonds. The molecule has 15 heavy (non-hydrogen) atoms. The minimum Gasteiger partial charge on any atom is -0.481 e. The van der Waals surface area contributed by atoms with Crippen molar-refractivity contribution >= 4 is 5.97 Å². The van der Waals surface area contributed by atoms with Crippen LogP contribution >= 0.6 is 0 Å². The molecule has 1 aromatic carbocycles. The van der Waals surface area contributed by atoms with Gasteiger partial charge >= 0.3 is 5.97 Å². The SMILES string of the molecule is CCc1ccc(C(C#N)CC(=O)O)cc1. The monoisotopic (exact) mass is 203 g/mol. The van der Waals surface area contributed by atoms with Crippen LogP contribution in [0.25, 0.3) is 0 Å². The van der Waals surface area contributed by atoms with Gasteiger partial charge in [0, 0.05) is 0 Å². The van der Waals surface area contributed by atoms with Gasteiger partial charge in [0.25, 0.3) is 0 Å². The van der Waals surface area contributed by atoms with Crippen LogP contribution in [0.1, 0.15) is 30.4 Å². The van der Waals surface area contributed by atoms with E-state index >= 15 is 0 Å². The normalized spacial score (nSPS) is 11.7. The van der Waals surface area contributed by atoms with Gasteiger partial charge in [-0.25, -0.2) is 0 Å². The summed E-state index contributed by atoms with van der Waals surface area (Å²) in [6, 6.07) is 9.53. The summed E-state index contributed by atoms with van der Waals surface area (Å²) in [5.74, 6) is -1.49. The van der Waals surface area contributed by atoms with E-state index in [0.717, 1.165) is 12.0 Å². The van der Waals surface area contributed by atoms with E-state index in [1.165, 1.54) is 5.56 Å². The first-order valence-electron chi connectivity index (χ1n) is 4.87. The molecule has 0 aromatic heterocycles. The van der Waals surface area contributed by atoms with Crippen molar-refractivity contribution in [2.24, 2.45) is 0 Å². The van der Waals surface area contributed by atoms with Crippen molar-refractivity contribution in [3.63, 3.8) is 0 Å². The second-order valence-corrected chi connectivity index (χ2v) is 3.37. The second kappa shape index (κ2) is 5.16.